The predicted molar refractivity (Wildman–Crippen MR) is 215 cm³/mol. The van der Waals surface area contributed by atoms with Gasteiger partial charge in [0.05, 0.1) is 11.1 Å². The van der Waals surface area contributed by atoms with Crippen molar-refractivity contribution in [1.29, 1.82) is 0 Å². The van der Waals surface area contributed by atoms with Crippen LogP contribution in [0.5, 0.6) is 0 Å². The second kappa shape index (κ2) is 16.0. The molecule has 277 valence electrons. The van der Waals surface area contributed by atoms with Crippen LogP contribution in [0.2, 0.25) is 0 Å². The van der Waals surface area contributed by atoms with Gasteiger partial charge in [-0.2, -0.15) is 0 Å². The number of aryl methyl sites for hydroxylation is 2. The monoisotopic (exact) mass is 876 g/mol. The molecule has 6 heteroatoms. The second-order valence-corrected chi connectivity index (χ2v) is 16.2. The number of ketones is 1. The molecule has 0 aliphatic rings. The number of hydrogen-bond donors (Lipinski definition) is 1. The summed E-state index contributed by atoms with van der Waals surface area (Å²) in [6.07, 6.45) is 4.14. The van der Waals surface area contributed by atoms with Crippen LogP contribution in [0.4, 0.5) is 0 Å². The molecule has 52 heavy (non-hydrogen) atoms. The van der Waals surface area contributed by atoms with Gasteiger partial charge in [-0.15, -0.1) is 18.2 Å². The van der Waals surface area contributed by atoms with E-state index in [1.54, 1.807) is 0 Å². The molecule has 6 rings (SSSR count). The maximum atomic E-state index is 11.7. The molecule has 2 aromatic heterocycles. The number of fused-ring (bicyclic) bond motifs is 6. The van der Waals surface area contributed by atoms with Crippen LogP contribution in [0, 0.1) is 36.7 Å². The average Bonchev–Trinajstić information content (AvgIpc) is 3.45. The van der Waals surface area contributed by atoms with Gasteiger partial charge >= 0.3 is 0 Å². The number of aliphatic hydroxyl groups is 1. The third kappa shape index (κ3) is 8.35. The van der Waals surface area contributed by atoms with Gasteiger partial charge in [0, 0.05) is 53.5 Å². The summed E-state index contributed by atoms with van der Waals surface area (Å²) in [6.45, 7) is 24.7. The molecular formula is C46H55IrN2O3-. The van der Waals surface area contributed by atoms with Gasteiger partial charge < -0.3 is 9.52 Å². The molecule has 2 heterocycles. The average molecular weight is 876 g/mol. The Morgan fingerprint density at radius 1 is 0.904 bits per heavy atom. The van der Waals surface area contributed by atoms with Crippen LogP contribution in [-0.2, 0) is 31.3 Å². The van der Waals surface area contributed by atoms with Crippen molar-refractivity contribution in [1.82, 2.24) is 9.97 Å². The number of aromatic nitrogens is 2. The molecule has 1 N–H and O–H groups in total. The Labute approximate surface area is 323 Å². The van der Waals surface area contributed by atoms with E-state index in [4.69, 9.17) is 14.4 Å². The Morgan fingerprint density at radius 2 is 1.58 bits per heavy atom. The fourth-order valence-corrected chi connectivity index (χ4v) is 6.65. The normalized spacial score (nSPS) is 12.5. The number of aliphatic hydroxyl groups excluding tert-OH is 1. The largest absolute Gasteiger partial charge is 0.512 e. The van der Waals surface area contributed by atoms with Crippen LogP contribution in [0.1, 0.15) is 111 Å². The molecule has 0 aliphatic heterocycles. The summed E-state index contributed by atoms with van der Waals surface area (Å²) < 4.78 is 6.49. The summed E-state index contributed by atoms with van der Waals surface area (Å²) in [4.78, 5) is 21.6. The van der Waals surface area contributed by atoms with E-state index in [1.807, 2.05) is 54.5 Å². The Morgan fingerprint density at radius 3 is 2.19 bits per heavy atom. The topological polar surface area (TPSA) is 76.2 Å². The molecule has 5 nitrogen and oxygen atoms in total. The van der Waals surface area contributed by atoms with E-state index in [0.717, 1.165) is 69.2 Å². The van der Waals surface area contributed by atoms with Gasteiger partial charge in [0.2, 0.25) is 0 Å². The number of carbonyl (C=O) groups excluding carboxylic acids is 1. The van der Waals surface area contributed by atoms with Crippen LogP contribution in [-0.4, -0.2) is 20.9 Å². The van der Waals surface area contributed by atoms with Gasteiger partial charge in [0.25, 0.3) is 0 Å². The summed E-state index contributed by atoms with van der Waals surface area (Å²) in [5.41, 5.74) is 7.71. The molecule has 0 unspecified atom stereocenters. The summed E-state index contributed by atoms with van der Waals surface area (Å²) in [6, 6.07) is 23.1. The molecule has 0 aliphatic carbocycles. The minimum absolute atomic E-state index is 0. The Hall–Kier alpha value is -3.86. The molecule has 1 radical (unpaired) electrons. The fraction of sp³-hybridized carbons (Fsp3) is 0.413. The number of furan rings is 1. The van der Waals surface area contributed by atoms with Crippen molar-refractivity contribution in [3.8, 4) is 11.3 Å². The first-order valence-electron chi connectivity index (χ1n) is 18.5. The van der Waals surface area contributed by atoms with Crippen molar-refractivity contribution in [3.63, 3.8) is 0 Å². The molecule has 0 spiro atoms. The minimum Gasteiger partial charge on any atom is -0.512 e. The molecule has 0 amide bonds. The standard InChI is InChI=1S/C33H31N2O.C13H24O2.Ir/c1-18(2)14-22-15-20(5)30-24(16-22)11-13-27-31(34-21(6)35-32(27)30)28-9-7-8-26-25-12-10-23(19(3)4)17-29(25)36-33(26)28;1-7-13(6,8-2)11(15)9-10(14)12(3,4)5;/h7-8,10-13,15-19H,14H2,1-6H3;9,15H,7-8H2,1-6H3;/q-1;;/b;11-9-;. The van der Waals surface area contributed by atoms with E-state index in [-0.39, 0.29) is 37.1 Å². The summed E-state index contributed by atoms with van der Waals surface area (Å²) in [5, 5.41) is 15.6. The maximum absolute atomic E-state index is 11.7. The van der Waals surface area contributed by atoms with Crippen LogP contribution >= 0.6 is 0 Å². The van der Waals surface area contributed by atoms with Crippen molar-refractivity contribution in [2.75, 3.05) is 0 Å². The van der Waals surface area contributed by atoms with Crippen molar-refractivity contribution in [3.05, 3.63) is 95.0 Å². The molecular weight excluding hydrogens is 821 g/mol. The number of nitrogens with zero attached hydrogens (tertiary/aromatic N) is 2. The zero-order valence-corrected chi connectivity index (χ0v) is 35.4. The number of carbonyl (C=O) groups is 1. The van der Waals surface area contributed by atoms with Gasteiger partial charge in [0.15, 0.2) is 5.78 Å². The van der Waals surface area contributed by atoms with Gasteiger partial charge in [-0.05, 0) is 78.5 Å². The van der Waals surface area contributed by atoms with Crippen molar-refractivity contribution >= 4 is 49.4 Å². The van der Waals surface area contributed by atoms with Crippen molar-refractivity contribution < 1.29 is 34.4 Å². The van der Waals surface area contributed by atoms with Crippen LogP contribution in [0.25, 0.3) is 54.9 Å². The molecule has 0 fully saturated rings. The fourth-order valence-electron chi connectivity index (χ4n) is 6.65. The minimum atomic E-state index is -0.420. The number of benzene rings is 4. The molecule has 0 bridgehead atoms. The second-order valence-electron chi connectivity index (χ2n) is 16.2. The number of rotatable bonds is 8. The van der Waals surface area contributed by atoms with Crippen LogP contribution < -0.4 is 0 Å². The van der Waals surface area contributed by atoms with E-state index in [0.29, 0.717) is 11.8 Å². The van der Waals surface area contributed by atoms with Gasteiger partial charge in [-0.1, -0.05) is 117 Å². The number of allylic oxidation sites excluding steroid dienone is 2. The quantitative estimate of drug-likeness (QED) is 0.0713. The van der Waals surface area contributed by atoms with E-state index < -0.39 is 5.41 Å². The molecule has 0 atom stereocenters. The van der Waals surface area contributed by atoms with Crippen molar-refractivity contribution in [2.45, 2.75) is 108 Å². The summed E-state index contributed by atoms with van der Waals surface area (Å²) in [7, 11) is 0. The summed E-state index contributed by atoms with van der Waals surface area (Å²) >= 11 is 0. The first kappa shape index (κ1) is 40.9. The Bertz CT molecular complexity index is 2270. The van der Waals surface area contributed by atoms with Crippen molar-refractivity contribution in [2.24, 2.45) is 16.7 Å². The summed E-state index contributed by atoms with van der Waals surface area (Å²) in [5.74, 6) is 2.01. The smallest absolute Gasteiger partial charge is 0.164 e. The SMILES string of the molecule is CCC(C)(CC)/C(O)=C/C(=O)C(C)(C)C.Cc1nc(-c2[c-]ccc3c2oc2cc(C(C)C)ccc23)c2ccc3cc(CC(C)C)cc(C)c3c2n1.[Ir]. The van der Waals surface area contributed by atoms with Gasteiger partial charge in [0.1, 0.15) is 17.2 Å². The molecule has 0 saturated carbocycles. The maximum Gasteiger partial charge on any atom is 0.164 e. The zero-order valence-electron chi connectivity index (χ0n) is 33.0. The molecule has 0 saturated heterocycles. The van der Waals surface area contributed by atoms with Crippen LogP contribution in [0.15, 0.2) is 70.8 Å². The Kier molecular flexibility index (Phi) is 12.6. The van der Waals surface area contributed by atoms with Gasteiger partial charge in [-0.3, -0.25) is 9.78 Å². The van der Waals surface area contributed by atoms with E-state index in [2.05, 4.69) is 89.2 Å². The molecule has 6 aromatic rings. The third-order valence-electron chi connectivity index (χ3n) is 10.3. The first-order chi connectivity index (χ1) is 24.0. The Balaban J connectivity index is 0.000000323. The van der Waals surface area contributed by atoms with Gasteiger partial charge in [-0.25, -0.2) is 4.98 Å². The van der Waals surface area contributed by atoms with E-state index in [1.165, 1.54) is 33.5 Å². The van der Waals surface area contributed by atoms with Crippen LogP contribution in [0.3, 0.4) is 0 Å². The third-order valence-corrected chi connectivity index (χ3v) is 10.3. The first-order valence-corrected chi connectivity index (χ1v) is 18.5. The predicted octanol–water partition coefficient (Wildman–Crippen LogP) is 13.0. The zero-order chi connectivity index (χ0) is 37.4. The van der Waals surface area contributed by atoms with E-state index in [9.17, 15) is 9.90 Å². The molecule has 4 aromatic carbocycles. The number of hydrogen-bond acceptors (Lipinski definition) is 5. The van der Waals surface area contributed by atoms with E-state index >= 15 is 0 Å².